The predicted molar refractivity (Wildman–Crippen MR) is 75.8 cm³/mol. The van der Waals surface area contributed by atoms with Crippen LogP contribution < -0.4 is 15.2 Å². The molecule has 1 unspecified atom stereocenters. The van der Waals surface area contributed by atoms with E-state index < -0.39 is 11.8 Å². The quantitative estimate of drug-likeness (QED) is 0.879. The van der Waals surface area contributed by atoms with E-state index in [4.69, 9.17) is 20.3 Å². The minimum atomic E-state index is -0.842. The third-order valence-corrected chi connectivity index (χ3v) is 4.53. The van der Waals surface area contributed by atoms with Gasteiger partial charge < -0.3 is 20.3 Å². The number of carboxylic acids is 1. The lowest BCUT2D eigenvalue weighted by Gasteiger charge is -2.35. The fourth-order valence-electron chi connectivity index (χ4n) is 2.52. The summed E-state index contributed by atoms with van der Waals surface area (Å²) in [7, 11) is 0. The number of hydrogen-bond acceptors (Lipinski definition) is 4. The molecule has 0 amide bonds. The highest BCUT2D eigenvalue weighted by Crippen LogP contribution is 2.50. The maximum Gasteiger partial charge on any atom is 0.303 e. The molecule has 0 saturated heterocycles. The van der Waals surface area contributed by atoms with Gasteiger partial charge in [-0.15, -0.1) is 0 Å². The van der Waals surface area contributed by atoms with Crippen molar-refractivity contribution in [2.45, 2.75) is 43.9 Å². The van der Waals surface area contributed by atoms with Crippen molar-refractivity contribution in [2.24, 2.45) is 5.73 Å². The molecule has 1 fully saturated rings. The molecule has 6 heteroatoms. The van der Waals surface area contributed by atoms with E-state index in [0.29, 0.717) is 12.2 Å². The van der Waals surface area contributed by atoms with Gasteiger partial charge in [-0.05, 0) is 30.5 Å². The highest BCUT2D eigenvalue weighted by Gasteiger charge is 2.47. The average molecular weight is 342 g/mol. The zero-order valence-electron chi connectivity index (χ0n) is 10.9. The number of benzene rings is 1. The molecule has 108 valence electrons. The van der Waals surface area contributed by atoms with Crippen molar-refractivity contribution >= 4 is 21.9 Å². The lowest BCUT2D eigenvalue weighted by molar-refractivity contribution is -0.138. The summed E-state index contributed by atoms with van der Waals surface area (Å²) in [5, 5.41) is 8.73. The first-order valence-electron chi connectivity index (χ1n) is 6.68. The van der Waals surface area contributed by atoms with E-state index in [1.54, 1.807) is 0 Å². The molecule has 1 saturated carbocycles. The number of aliphatic carboxylic acids is 1. The van der Waals surface area contributed by atoms with Gasteiger partial charge in [0.2, 0.25) is 0 Å². The van der Waals surface area contributed by atoms with Gasteiger partial charge in [-0.25, -0.2) is 0 Å². The van der Waals surface area contributed by atoms with E-state index in [2.05, 4.69) is 15.9 Å². The van der Waals surface area contributed by atoms with Gasteiger partial charge in [0, 0.05) is 29.8 Å². The van der Waals surface area contributed by atoms with E-state index in [0.717, 1.165) is 35.0 Å². The van der Waals surface area contributed by atoms with Crippen LogP contribution in [-0.4, -0.2) is 16.9 Å². The normalized spacial score (nSPS) is 19.7. The summed E-state index contributed by atoms with van der Waals surface area (Å²) < 4.78 is 12.6. The van der Waals surface area contributed by atoms with E-state index in [9.17, 15) is 4.79 Å². The van der Waals surface area contributed by atoms with Crippen molar-refractivity contribution in [3.05, 3.63) is 22.2 Å². The second-order valence-corrected chi connectivity index (χ2v) is 6.18. The average Bonchev–Trinajstić information content (AvgIpc) is 2.73. The van der Waals surface area contributed by atoms with Crippen LogP contribution in [0.1, 0.15) is 43.7 Å². The molecule has 1 aromatic carbocycles. The molecular weight excluding hydrogens is 326 g/mol. The van der Waals surface area contributed by atoms with Crippen LogP contribution in [0.3, 0.4) is 0 Å². The SMILES string of the molecule is NC(CCC(=O)O)c1cc2c(cc1Br)OC1(CCC1)O2. The van der Waals surface area contributed by atoms with Crippen LogP contribution in [0.5, 0.6) is 11.5 Å². The van der Waals surface area contributed by atoms with Crippen molar-refractivity contribution < 1.29 is 19.4 Å². The third kappa shape index (κ3) is 2.38. The van der Waals surface area contributed by atoms with Crippen LogP contribution in [0.25, 0.3) is 0 Å². The minimum Gasteiger partial charge on any atom is -0.481 e. The number of nitrogens with two attached hydrogens (primary N) is 1. The first-order valence-corrected chi connectivity index (χ1v) is 7.47. The summed E-state index contributed by atoms with van der Waals surface area (Å²) in [6.45, 7) is 0. The molecule has 20 heavy (non-hydrogen) atoms. The largest absolute Gasteiger partial charge is 0.481 e. The molecule has 3 N–H and O–H groups in total. The predicted octanol–water partition coefficient (Wildman–Crippen LogP) is 2.97. The zero-order chi connectivity index (χ0) is 14.3. The van der Waals surface area contributed by atoms with E-state index in [1.165, 1.54) is 0 Å². The third-order valence-electron chi connectivity index (χ3n) is 3.84. The van der Waals surface area contributed by atoms with Gasteiger partial charge in [-0.3, -0.25) is 4.79 Å². The van der Waals surface area contributed by atoms with Crippen molar-refractivity contribution in [1.29, 1.82) is 0 Å². The molecule has 0 radical (unpaired) electrons. The van der Waals surface area contributed by atoms with Gasteiger partial charge in [0.1, 0.15) is 0 Å². The van der Waals surface area contributed by atoms with Crippen LogP contribution >= 0.6 is 15.9 Å². The first kappa shape index (κ1) is 13.7. The molecular formula is C14H16BrNO4. The molecule has 3 rings (SSSR count). The lowest BCUT2D eigenvalue weighted by Crippen LogP contribution is -2.45. The molecule has 0 aromatic heterocycles. The summed E-state index contributed by atoms with van der Waals surface area (Å²) in [6, 6.07) is 3.38. The fraction of sp³-hybridized carbons (Fsp3) is 0.500. The van der Waals surface area contributed by atoms with Crippen LogP contribution in [-0.2, 0) is 4.79 Å². The van der Waals surface area contributed by atoms with Gasteiger partial charge in [-0.2, -0.15) is 0 Å². The number of rotatable bonds is 4. The van der Waals surface area contributed by atoms with Crippen molar-refractivity contribution in [2.75, 3.05) is 0 Å². The Labute approximate surface area is 125 Å². The molecule has 1 aliphatic carbocycles. The number of halogens is 1. The maximum atomic E-state index is 10.6. The van der Waals surface area contributed by atoms with Crippen LogP contribution in [0.2, 0.25) is 0 Å². The number of ether oxygens (including phenoxy) is 2. The molecule has 1 aromatic rings. The van der Waals surface area contributed by atoms with Gasteiger partial charge in [0.25, 0.3) is 5.79 Å². The first-order chi connectivity index (χ1) is 9.49. The van der Waals surface area contributed by atoms with Gasteiger partial charge in [0.05, 0.1) is 0 Å². The number of carboxylic acid groups (broad SMARTS) is 1. The second-order valence-electron chi connectivity index (χ2n) is 5.33. The highest BCUT2D eigenvalue weighted by molar-refractivity contribution is 9.10. The molecule has 0 bridgehead atoms. The smallest absolute Gasteiger partial charge is 0.303 e. The van der Waals surface area contributed by atoms with E-state index in [-0.39, 0.29) is 12.5 Å². The number of carbonyl (C=O) groups is 1. The van der Waals surface area contributed by atoms with Crippen molar-refractivity contribution in [3.8, 4) is 11.5 Å². The standard InChI is InChI=1S/C14H16BrNO4/c15-9-7-12-11(19-14(20-12)4-1-5-14)6-8(9)10(16)2-3-13(17)18/h6-7,10H,1-5,16H2,(H,17,18). The topological polar surface area (TPSA) is 81.8 Å². The van der Waals surface area contributed by atoms with Crippen LogP contribution in [0, 0.1) is 0 Å². The second kappa shape index (κ2) is 4.93. The zero-order valence-corrected chi connectivity index (χ0v) is 12.5. The van der Waals surface area contributed by atoms with Crippen LogP contribution in [0.4, 0.5) is 0 Å². The van der Waals surface area contributed by atoms with Gasteiger partial charge >= 0.3 is 5.97 Å². The van der Waals surface area contributed by atoms with Gasteiger partial charge in [-0.1, -0.05) is 15.9 Å². The lowest BCUT2D eigenvalue weighted by atomic mass is 9.91. The summed E-state index contributed by atoms with van der Waals surface area (Å²) in [5.41, 5.74) is 6.91. The monoisotopic (exact) mass is 341 g/mol. The van der Waals surface area contributed by atoms with Gasteiger partial charge in [0.15, 0.2) is 11.5 Å². The maximum absolute atomic E-state index is 10.6. The molecule has 5 nitrogen and oxygen atoms in total. The Kier molecular flexibility index (Phi) is 3.38. The minimum absolute atomic E-state index is 0.0476. The van der Waals surface area contributed by atoms with Crippen LogP contribution in [0.15, 0.2) is 16.6 Å². The summed E-state index contributed by atoms with van der Waals surface area (Å²) in [6.07, 6.45) is 3.35. The Morgan fingerprint density at radius 1 is 1.40 bits per heavy atom. The highest BCUT2D eigenvalue weighted by atomic mass is 79.9. The summed E-state index contributed by atoms with van der Waals surface area (Å²) in [5.74, 6) is 0.121. The van der Waals surface area contributed by atoms with Crippen molar-refractivity contribution in [3.63, 3.8) is 0 Å². The Balaban J connectivity index is 1.80. The summed E-state index contributed by atoms with van der Waals surface area (Å²) in [4.78, 5) is 10.6. The van der Waals surface area contributed by atoms with Crippen molar-refractivity contribution in [1.82, 2.24) is 0 Å². The Morgan fingerprint density at radius 3 is 2.60 bits per heavy atom. The number of fused-ring (bicyclic) bond motifs is 1. The molecule has 1 atom stereocenters. The molecule has 1 aliphatic heterocycles. The van der Waals surface area contributed by atoms with E-state index in [1.807, 2.05) is 12.1 Å². The summed E-state index contributed by atoms with van der Waals surface area (Å²) >= 11 is 3.47. The number of hydrogen-bond donors (Lipinski definition) is 2. The Bertz CT molecular complexity index is 556. The molecule has 2 aliphatic rings. The Morgan fingerprint density at radius 2 is 2.05 bits per heavy atom. The molecule has 1 spiro atoms. The van der Waals surface area contributed by atoms with E-state index >= 15 is 0 Å². The fourth-order valence-corrected chi connectivity index (χ4v) is 3.14. The Hall–Kier alpha value is -1.27. The molecule has 1 heterocycles.